The lowest BCUT2D eigenvalue weighted by Gasteiger charge is -2.22. The van der Waals surface area contributed by atoms with Crippen LogP contribution in [0.3, 0.4) is 0 Å². The van der Waals surface area contributed by atoms with E-state index in [-0.39, 0.29) is 11.7 Å². The molecular formula is C22H22FN3O3. The predicted molar refractivity (Wildman–Crippen MR) is 105 cm³/mol. The van der Waals surface area contributed by atoms with Crippen LogP contribution in [0.25, 0.3) is 11.1 Å². The maximum Gasteiger partial charge on any atom is 0.251 e. The van der Waals surface area contributed by atoms with E-state index in [0.717, 1.165) is 35.2 Å². The Hall–Kier alpha value is -2.95. The van der Waals surface area contributed by atoms with Crippen molar-refractivity contribution < 1.29 is 18.7 Å². The molecular weight excluding hydrogens is 373 g/mol. The molecule has 0 aliphatic carbocycles. The Balaban J connectivity index is 1.46. The van der Waals surface area contributed by atoms with Crippen LogP contribution >= 0.6 is 0 Å². The van der Waals surface area contributed by atoms with Crippen LogP contribution in [0.5, 0.6) is 5.75 Å². The maximum absolute atomic E-state index is 13.4. The summed E-state index contributed by atoms with van der Waals surface area (Å²) in [5.41, 5.74) is 3.53. The molecule has 2 N–H and O–H groups in total. The fourth-order valence-corrected chi connectivity index (χ4v) is 3.65. The number of hydrogen-bond donors (Lipinski definition) is 2. The number of hydrogen-bond acceptors (Lipinski definition) is 5. The van der Waals surface area contributed by atoms with Crippen LogP contribution in [0.4, 0.5) is 4.39 Å². The summed E-state index contributed by atoms with van der Waals surface area (Å²) < 4.78 is 24.8. The monoisotopic (exact) mass is 395 g/mol. The predicted octanol–water partition coefficient (Wildman–Crippen LogP) is 2.31. The molecule has 1 fully saturated rings. The number of fused-ring (bicyclic) bond motifs is 3. The highest BCUT2D eigenvalue weighted by Gasteiger charge is 2.24. The molecule has 0 bridgehead atoms. The maximum atomic E-state index is 13.4. The standard InChI is InChI=1S/C22H22FN3O3/c23-16-3-5-18-15(10-16)13-29-20-9-14(2-4-19(18)20)8-17(11-24)26-22(27)21-12-25-6-1-7-28-21/h2-5,9-10,17,21,25H,1,6-8,12-13H2,(H,26,27)/t17?,21-/m0/s1. The van der Waals surface area contributed by atoms with Gasteiger partial charge in [0.05, 0.1) is 6.07 Å². The van der Waals surface area contributed by atoms with Gasteiger partial charge >= 0.3 is 0 Å². The normalized spacial score (nSPS) is 19.0. The average molecular weight is 395 g/mol. The van der Waals surface area contributed by atoms with Crippen molar-refractivity contribution in [1.82, 2.24) is 10.6 Å². The highest BCUT2D eigenvalue weighted by molar-refractivity contribution is 5.81. The number of nitrogens with one attached hydrogen (secondary N) is 2. The lowest BCUT2D eigenvalue weighted by molar-refractivity contribution is -0.132. The molecule has 2 aliphatic heterocycles. The lowest BCUT2D eigenvalue weighted by Crippen LogP contribution is -2.46. The topological polar surface area (TPSA) is 83.4 Å². The first-order chi connectivity index (χ1) is 14.1. The van der Waals surface area contributed by atoms with Crippen LogP contribution in [0.1, 0.15) is 17.5 Å². The molecule has 0 spiro atoms. The number of rotatable bonds is 4. The van der Waals surface area contributed by atoms with Crippen LogP contribution in [-0.4, -0.2) is 37.7 Å². The van der Waals surface area contributed by atoms with E-state index in [1.54, 1.807) is 6.07 Å². The smallest absolute Gasteiger partial charge is 0.251 e. The van der Waals surface area contributed by atoms with Gasteiger partial charge in [-0.05, 0) is 42.3 Å². The number of carbonyl (C=O) groups is 1. The third-order valence-electron chi connectivity index (χ3n) is 5.14. The Bertz CT molecular complexity index is 949. The zero-order valence-electron chi connectivity index (χ0n) is 15.9. The number of nitriles is 1. The van der Waals surface area contributed by atoms with Crippen LogP contribution in [0.15, 0.2) is 36.4 Å². The van der Waals surface area contributed by atoms with E-state index in [1.165, 1.54) is 12.1 Å². The Morgan fingerprint density at radius 3 is 3.03 bits per heavy atom. The van der Waals surface area contributed by atoms with Gasteiger partial charge in [-0.1, -0.05) is 18.2 Å². The Morgan fingerprint density at radius 2 is 2.17 bits per heavy atom. The molecule has 7 heteroatoms. The first-order valence-corrected chi connectivity index (χ1v) is 9.71. The van der Waals surface area contributed by atoms with Gasteiger partial charge in [0.2, 0.25) is 0 Å². The average Bonchev–Trinajstić information content (AvgIpc) is 3.02. The number of nitrogens with zero attached hydrogens (tertiary/aromatic N) is 1. The largest absolute Gasteiger partial charge is 0.488 e. The molecule has 1 saturated heterocycles. The molecule has 1 amide bonds. The van der Waals surface area contributed by atoms with Crippen molar-refractivity contribution in [3.63, 3.8) is 0 Å². The number of ether oxygens (including phenoxy) is 2. The van der Waals surface area contributed by atoms with Crippen molar-refractivity contribution >= 4 is 5.91 Å². The minimum absolute atomic E-state index is 0.281. The van der Waals surface area contributed by atoms with E-state index in [9.17, 15) is 14.4 Å². The fraction of sp³-hybridized carbons (Fsp3) is 0.364. The molecule has 29 heavy (non-hydrogen) atoms. The Labute approximate surface area is 168 Å². The summed E-state index contributed by atoms with van der Waals surface area (Å²) in [7, 11) is 0. The molecule has 2 aromatic carbocycles. The van der Waals surface area contributed by atoms with E-state index in [0.29, 0.717) is 31.9 Å². The van der Waals surface area contributed by atoms with Gasteiger partial charge in [0.1, 0.15) is 30.3 Å². The third kappa shape index (κ3) is 4.39. The molecule has 2 atom stereocenters. The SMILES string of the molecule is N#CC(Cc1ccc2c(c1)OCc1cc(F)ccc1-2)NC(=O)[C@@H]1CNCCCO1. The lowest BCUT2D eigenvalue weighted by atomic mass is 9.94. The van der Waals surface area contributed by atoms with Gasteiger partial charge in [-0.3, -0.25) is 4.79 Å². The zero-order valence-corrected chi connectivity index (χ0v) is 15.9. The van der Waals surface area contributed by atoms with Crippen LogP contribution in [0, 0.1) is 17.1 Å². The second kappa shape index (κ2) is 8.60. The summed E-state index contributed by atoms with van der Waals surface area (Å²) >= 11 is 0. The third-order valence-corrected chi connectivity index (χ3v) is 5.14. The number of carbonyl (C=O) groups excluding carboxylic acids is 1. The van der Waals surface area contributed by atoms with Crippen molar-refractivity contribution in [3.8, 4) is 22.9 Å². The van der Waals surface area contributed by atoms with Crippen molar-refractivity contribution in [1.29, 1.82) is 5.26 Å². The van der Waals surface area contributed by atoms with Crippen molar-refractivity contribution in [2.45, 2.75) is 31.6 Å². The van der Waals surface area contributed by atoms with Gasteiger partial charge in [-0.15, -0.1) is 0 Å². The number of halogens is 1. The summed E-state index contributed by atoms with van der Waals surface area (Å²) in [6.07, 6.45) is 0.628. The van der Waals surface area contributed by atoms with E-state index in [1.807, 2.05) is 18.2 Å². The van der Waals surface area contributed by atoms with E-state index < -0.39 is 12.1 Å². The second-order valence-electron chi connectivity index (χ2n) is 7.23. The van der Waals surface area contributed by atoms with Crippen molar-refractivity contribution in [2.24, 2.45) is 0 Å². The Morgan fingerprint density at radius 1 is 1.31 bits per heavy atom. The minimum Gasteiger partial charge on any atom is -0.488 e. The van der Waals surface area contributed by atoms with Gasteiger partial charge in [-0.25, -0.2) is 4.39 Å². The summed E-state index contributed by atoms with van der Waals surface area (Å²) in [6, 6.07) is 11.8. The van der Waals surface area contributed by atoms with E-state index in [4.69, 9.17) is 9.47 Å². The van der Waals surface area contributed by atoms with Gasteiger partial charge in [0, 0.05) is 30.7 Å². The van der Waals surface area contributed by atoms with Crippen LogP contribution < -0.4 is 15.4 Å². The second-order valence-corrected chi connectivity index (χ2v) is 7.23. The summed E-state index contributed by atoms with van der Waals surface area (Å²) in [6.45, 7) is 2.08. The molecule has 1 unspecified atom stereocenters. The summed E-state index contributed by atoms with van der Waals surface area (Å²) in [5.74, 6) is 0.130. The summed E-state index contributed by atoms with van der Waals surface area (Å²) in [5, 5.41) is 15.4. The Kier molecular flexibility index (Phi) is 5.74. The van der Waals surface area contributed by atoms with Gasteiger partial charge in [0.25, 0.3) is 5.91 Å². The first-order valence-electron chi connectivity index (χ1n) is 9.71. The van der Waals surface area contributed by atoms with Crippen molar-refractivity contribution in [3.05, 3.63) is 53.3 Å². The van der Waals surface area contributed by atoms with Gasteiger partial charge < -0.3 is 20.1 Å². The van der Waals surface area contributed by atoms with Gasteiger partial charge in [-0.2, -0.15) is 5.26 Å². The molecule has 2 aromatic rings. The van der Waals surface area contributed by atoms with Gasteiger partial charge in [0.15, 0.2) is 0 Å². The molecule has 2 aliphatic rings. The number of benzene rings is 2. The molecule has 0 radical (unpaired) electrons. The van der Waals surface area contributed by atoms with E-state index in [2.05, 4.69) is 16.7 Å². The minimum atomic E-state index is -0.669. The number of amides is 1. The molecule has 2 heterocycles. The van der Waals surface area contributed by atoms with E-state index >= 15 is 0 Å². The van der Waals surface area contributed by atoms with Crippen molar-refractivity contribution in [2.75, 3.05) is 19.7 Å². The molecule has 0 saturated carbocycles. The highest BCUT2D eigenvalue weighted by atomic mass is 19.1. The van der Waals surface area contributed by atoms with Crippen LogP contribution in [-0.2, 0) is 22.6 Å². The molecule has 4 rings (SSSR count). The summed E-state index contributed by atoms with van der Waals surface area (Å²) in [4.78, 5) is 12.4. The van der Waals surface area contributed by atoms with Crippen LogP contribution in [0.2, 0.25) is 0 Å². The highest BCUT2D eigenvalue weighted by Crippen LogP contribution is 2.38. The molecule has 6 nitrogen and oxygen atoms in total. The fourth-order valence-electron chi connectivity index (χ4n) is 3.65. The molecule has 150 valence electrons. The zero-order chi connectivity index (χ0) is 20.2. The first kappa shape index (κ1) is 19.4. The molecule has 0 aromatic heterocycles. The quantitative estimate of drug-likeness (QED) is 0.830.